The molecule has 0 aliphatic carbocycles. The van der Waals surface area contributed by atoms with Crippen LogP contribution in [0.2, 0.25) is 0 Å². The van der Waals surface area contributed by atoms with E-state index in [1.165, 1.54) is 0 Å². The van der Waals surface area contributed by atoms with Gasteiger partial charge < -0.3 is 10.6 Å². The van der Waals surface area contributed by atoms with Gasteiger partial charge in [0.25, 0.3) is 0 Å². The summed E-state index contributed by atoms with van der Waals surface area (Å²) in [5.74, 6) is 0. The SMILES string of the molecule is CN(c1cccc(Br)c1)c1cccc(CN)c1. The molecule has 2 aromatic rings. The van der Waals surface area contributed by atoms with Crippen LogP contribution in [0, 0.1) is 0 Å². The maximum absolute atomic E-state index is 5.66. The lowest BCUT2D eigenvalue weighted by atomic mass is 10.2. The normalized spacial score (nSPS) is 10.3. The fraction of sp³-hybridized carbons (Fsp3) is 0.143. The highest BCUT2D eigenvalue weighted by atomic mass is 79.9. The lowest BCUT2D eigenvalue weighted by Gasteiger charge is -2.20. The van der Waals surface area contributed by atoms with Gasteiger partial charge in [0.05, 0.1) is 0 Å². The maximum Gasteiger partial charge on any atom is 0.0419 e. The number of benzene rings is 2. The molecule has 0 saturated heterocycles. The first-order chi connectivity index (χ1) is 8.20. The molecule has 0 saturated carbocycles. The third kappa shape index (κ3) is 2.87. The highest BCUT2D eigenvalue weighted by molar-refractivity contribution is 9.10. The van der Waals surface area contributed by atoms with Crippen molar-refractivity contribution in [3.05, 3.63) is 58.6 Å². The number of hydrogen-bond donors (Lipinski definition) is 1. The smallest absolute Gasteiger partial charge is 0.0419 e. The number of anilines is 2. The van der Waals surface area contributed by atoms with E-state index in [1.807, 2.05) is 24.3 Å². The minimum Gasteiger partial charge on any atom is -0.345 e. The van der Waals surface area contributed by atoms with Gasteiger partial charge in [0.1, 0.15) is 0 Å². The molecule has 3 heteroatoms. The minimum atomic E-state index is 0.570. The van der Waals surface area contributed by atoms with Crippen molar-refractivity contribution < 1.29 is 0 Å². The van der Waals surface area contributed by atoms with Crippen LogP contribution in [-0.2, 0) is 6.54 Å². The zero-order chi connectivity index (χ0) is 12.3. The topological polar surface area (TPSA) is 29.3 Å². The molecule has 0 radical (unpaired) electrons. The van der Waals surface area contributed by atoms with Crippen molar-refractivity contribution in [1.29, 1.82) is 0 Å². The summed E-state index contributed by atoms with van der Waals surface area (Å²) in [6.45, 7) is 0.570. The van der Waals surface area contributed by atoms with E-state index in [4.69, 9.17) is 5.73 Å². The first kappa shape index (κ1) is 12.1. The molecule has 2 aromatic carbocycles. The Bertz CT molecular complexity index is 511. The Hall–Kier alpha value is -1.32. The van der Waals surface area contributed by atoms with Crippen LogP contribution >= 0.6 is 15.9 Å². The highest BCUT2D eigenvalue weighted by Gasteiger charge is 2.04. The molecule has 0 atom stereocenters. The largest absolute Gasteiger partial charge is 0.345 e. The first-order valence-corrected chi connectivity index (χ1v) is 6.28. The zero-order valence-electron chi connectivity index (χ0n) is 9.73. The Morgan fingerprint density at radius 2 is 1.71 bits per heavy atom. The van der Waals surface area contributed by atoms with E-state index in [2.05, 4.69) is 52.1 Å². The van der Waals surface area contributed by atoms with Gasteiger partial charge in [-0.3, -0.25) is 0 Å². The summed E-state index contributed by atoms with van der Waals surface area (Å²) < 4.78 is 1.08. The van der Waals surface area contributed by atoms with Crippen molar-refractivity contribution in [2.75, 3.05) is 11.9 Å². The second-order valence-electron chi connectivity index (χ2n) is 3.91. The lowest BCUT2D eigenvalue weighted by Crippen LogP contribution is -2.10. The van der Waals surface area contributed by atoms with Gasteiger partial charge in [-0.05, 0) is 35.9 Å². The molecule has 0 heterocycles. The third-order valence-corrected chi connectivity index (χ3v) is 3.22. The summed E-state index contributed by atoms with van der Waals surface area (Å²) in [6, 6.07) is 16.5. The summed E-state index contributed by atoms with van der Waals surface area (Å²) in [5.41, 5.74) is 9.09. The Morgan fingerprint density at radius 1 is 1.06 bits per heavy atom. The number of nitrogens with two attached hydrogens (primary N) is 1. The van der Waals surface area contributed by atoms with Gasteiger partial charge >= 0.3 is 0 Å². The molecule has 0 aromatic heterocycles. The standard InChI is InChI=1S/C14H15BrN2/c1-17(14-7-3-5-12(15)9-14)13-6-2-4-11(8-13)10-16/h2-9H,10,16H2,1H3. The Kier molecular flexibility index (Phi) is 3.82. The molecule has 0 amide bonds. The van der Waals surface area contributed by atoms with E-state index in [1.54, 1.807) is 0 Å². The van der Waals surface area contributed by atoms with Gasteiger partial charge in [-0.2, -0.15) is 0 Å². The highest BCUT2D eigenvalue weighted by Crippen LogP contribution is 2.26. The third-order valence-electron chi connectivity index (χ3n) is 2.73. The van der Waals surface area contributed by atoms with E-state index in [9.17, 15) is 0 Å². The van der Waals surface area contributed by atoms with Gasteiger partial charge in [-0.1, -0.05) is 34.1 Å². The van der Waals surface area contributed by atoms with E-state index in [0.717, 1.165) is 21.4 Å². The van der Waals surface area contributed by atoms with Gasteiger partial charge in [-0.15, -0.1) is 0 Å². The summed E-state index contributed by atoms with van der Waals surface area (Å²) in [5, 5.41) is 0. The summed E-state index contributed by atoms with van der Waals surface area (Å²) in [4.78, 5) is 2.14. The van der Waals surface area contributed by atoms with E-state index >= 15 is 0 Å². The van der Waals surface area contributed by atoms with Gasteiger partial charge in [0.15, 0.2) is 0 Å². The van der Waals surface area contributed by atoms with E-state index < -0.39 is 0 Å². The number of nitrogens with zero attached hydrogens (tertiary/aromatic N) is 1. The Morgan fingerprint density at radius 3 is 2.35 bits per heavy atom. The molecule has 17 heavy (non-hydrogen) atoms. The molecule has 0 bridgehead atoms. The number of halogens is 1. The molecule has 0 spiro atoms. The van der Waals surface area contributed by atoms with Gasteiger partial charge in [0, 0.05) is 29.4 Å². The molecule has 2 N–H and O–H groups in total. The number of hydrogen-bond acceptors (Lipinski definition) is 2. The molecule has 0 aliphatic heterocycles. The molecule has 0 fully saturated rings. The van der Waals surface area contributed by atoms with Crippen molar-refractivity contribution in [2.45, 2.75) is 6.54 Å². The van der Waals surface area contributed by atoms with Crippen molar-refractivity contribution in [3.63, 3.8) is 0 Å². The van der Waals surface area contributed by atoms with Crippen LogP contribution in [0.15, 0.2) is 53.0 Å². The fourth-order valence-corrected chi connectivity index (χ4v) is 2.11. The van der Waals surface area contributed by atoms with E-state index in [0.29, 0.717) is 6.54 Å². The van der Waals surface area contributed by atoms with Crippen LogP contribution in [0.25, 0.3) is 0 Å². The van der Waals surface area contributed by atoms with Gasteiger partial charge in [0.2, 0.25) is 0 Å². The first-order valence-electron chi connectivity index (χ1n) is 5.49. The lowest BCUT2D eigenvalue weighted by molar-refractivity contribution is 1.06. The van der Waals surface area contributed by atoms with Crippen LogP contribution in [0.5, 0.6) is 0 Å². The molecule has 88 valence electrons. The van der Waals surface area contributed by atoms with Crippen molar-refractivity contribution >= 4 is 27.3 Å². The van der Waals surface area contributed by atoms with E-state index in [-0.39, 0.29) is 0 Å². The Labute approximate surface area is 110 Å². The predicted octanol–water partition coefficient (Wildman–Crippen LogP) is 3.68. The average molecular weight is 291 g/mol. The second kappa shape index (κ2) is 5.34. The van der Waals surface area contributed by atoms with Crippen molar-refractivity contribution in [2.24, 2.45) is 5.73 Å². The molecule has 2 rings (SSSR count). The summed E-state index contributed by atoms with van der Waals surface area (Å²) in [7, 11) is 2.05. The fourth-order valence-electron chi connectivity index (χ4n) is 1.73. The zero-order valence-corrected chi connectivity index (χ0v) is 11.3. The van der Waals surface area contributed by atoms with Crippen LogP contribution in [-0.4, -0.2) is 7.05 Å². The molecule has 2 nitrogen and oxygen atoms in total. The quantitative estimate of drug-likeness (QED) is 0.934. The molecule has 0 unspecified atom stereocenters. The summed E-state index contributed by atoms with van der Waals surface area (Å²) in [6.07, 6.45) is 0. The van der Waals surface area contributed by atoms with Crippen LogP contribution < -0.4 is 10.6 Å². The monoisotopic (exact) mass is 290 g/mol. The van der Waals surface area contributed by atoms with Crippen LogP contribution in [0.4, 0.5) is 11.4 Å². The predicted molar refractivity (Wildman–Crippen MR) is 76.5 cm³/mol. The number of rotatable bonds is 3. The molecule has 0 aliphatic rings. The van der Waals surface area contributed by atoms with Crippen LogP contribution in [0.1, 0.15) is 5.56 Å². The van der Waals surface area contributed by atoms with Gasteiger partial charge in [-0.25, -0.2) is 0 Å². The van der Waals surface area contributed by atoms with Crippen molar-refractivity contribution in [3.8, 4) is 0 Å². The molecular weight excluding hydrogens is 276 g/mol. The van der Waals surface area contributed by atoms with Crippen LogP contribution in [0.3, 0.4) is 0 Å². The average Bonchev–Trinajstić information content (AvgIpc) is 2.38. The summed E-state index contributed by atoms with van der Waals surface area (Å²) >= 11 is 3.48. The maximum atomic E-state index is 5.66. The Balaban J connectivity index is 2.33. The second-order valence-corrected chi connectivity index (χ2v) is 4.83. The minimum absolute atomic E-state index is 0.570. The molecular formula is C14H15BrN2. The van der Waals surface area contributed by atoms with Crippen molar-refractivity contribution in [1.82, 2.24) is 0 Å².